The molecular formula is C31H31NO3. The van der Waals surface area contributed by atoms with Gasteiger partial charge in [0.25, 0.3) is 0 Å². The number of carbonyl (C=O) groups is 2. The summed E-state index contributed by atoms with van der Waals surface area (Å²) in [6.07, 6.45) is 14.9. The van der Waals surface area contributed by atoms with Crippen molar-refractivity contribution in [3.8, 4) is 5.75 Å². The van der Waals surface area contributed by atoms with Crippen molar-refractivity contribution in [3.05, 3.63) is 126 Å². The minimum absolute atomic E-state index is 0.00832. The summed E-state index contributed by atoms with van der Waals surface area (Å²) in [5, 5.41) is 0. The van der Waals surface area contributed by atoms with E-state index in [0.717, 1.165) is 22.6 Å². The van der Waals surface area contributed by atoms with Gasteiger partial charge in [0.15, 0.2) is 5.78 Å². The fourth-order valence-corrected chi connectivity index (χ4v) is 4.37. The summed E-state index contributed by atoms with van der Waals surface area (Å²) in [5.74, 6) is 0.560. The minimum atomic E-state index is -0.396. The summed E-state index contributed by atoms with van der Waals surface area (Å²) in [5.41, 5.74) is 3.65. The van der Waals surface area contributed by atoms with E-state index in [0.29, 0.717) is 12.2 Å². The number of benzene rings is 2. The Balaban J connectivity index is 1.53. The van der Waals surface area contributed by atoms with Crippen molar-refractivity contribution in [3.63, 3.8) is 0 Å². The van der Waals surface area contributed by atoms with Crippen molar-refractivity contribution in [2.75, 3.05) is 0 Å². The highest BCUT2D eigenvalue weighted by Gasteiger charge is 2.47. The Labute approximate surface area is 207 Å². The molecule has 35 heavy (non-hydrogen) atoms. The van der Waals surface area contributed by atoms with E-state index < -0.39 is 5.92 Å². The van der Waals surface area contributed by atoms with Crippen molar-refractivity contribution in [2.45, 2.75) is 33.4 Å². The Kier molecular flexibility index (Phi) is 7.61. The average molecular weight is 466 g/mol. The monoisotopic (exact) mass is 465 g/mol. The maximum Gasteiger partial charge on any atom is 0.236 e. The summed E-state index contributed by atoms with van der Waals surface area (Å²) in [7, 11) is 0. The molecule has 4 nitrogen and oxygen atoms in total. The Morgan fingerprint density at radius 2 is 1.83 bits per heavy atom. The molecule has 0 N–H and O–H groups in total. The molecule has 4 rings (SSSR count). The molecule has 4 heteroatoms. The third-order valence-electron chi connectivity index (χ3n) is 6.28. The van der Waals surface area contributed by atoms with E-state index in [-0.39, 0.29) is 23.7 Å². The van der Waals surface area contributed by atoms with Gasteiger partial charge in [0.05, 0.1) is 12.0 Å². The summed E-state index contributed by atoms with van der Waals surface area (Å²) in [4.78, 5) is 27.5. The SMILES string of the molecule is C/C=C\C=C(/C)N1C(=O)[C@H](/C=C/C(=O)C2=CC(C)C=C2)C1c1ccc(OCc2ccccc2)cc1. The number of hydrogen-bond donors (Lipinski definition) is 0. The number of β-lactam (4-membered cyclic amide) rings is 1. The molecule has 3 atom stereocenters. The van der Waals surface area contributed by atoms with Crippen LogP contribution in [0.3, 0.4) is 0 Å². The fourth-order valence-electron chi connectivity index (χ4n) is 4.37. The van der Waals surface area contributed by atoms with Crippen molar-refractivity contribution >= 4 is 11.7 Å². The van der Waals surface area contributed by atoms with Crippen molar-refractivity contribution in [2.24, 2.45) is 11.8 Å². The zero-order valence-electron chi connectivity index (χ0n) is 20.4. The van der Waals surface area contributed by atoms with E-state index >= 15 is 0 Å². The smallest absolute Gasteiger partial charge is 0.236 e. The molecular weight excluding hydrogens is 434 g/mol. The second-order valence-electron chi connectivity index (χ2n) is 8.92. The molecule has 1 amide bonds. The highest BCUT2D eigenvalue weighted by molar-refractivity contribution is 6.07. The summed E-state index contributed by atoms with van der Waals surface area (Å²) in [6, 6.07) is 17.7. The van der Waals surface area contributed by atoms with Crippen LogP contribution in [0, 0.1) is 11.8 Å². The van der Waals surface area contributed by atoms with Crippen molar-refractivity contribution in [1.29, 1.82) is 0 Å². The van der Waals surface area contributed by atoms with E-state index in [1.165, 1.54) is 0 Å². The van der Waals surface area contributed by atoms with Crippen LogP contribution in [0.15, 0.2) is 114 Å². The first-order chi connectivity index (χ1) is 17.0. The van der Waals surface area contributed by atoms with Crippen LogP contribution in [0.25, 0.3) is 0 Å². The summed E-state index contributed by atoms with van der Waals surface area (Å²) < 4.78 is 5.93. The maximum atomic E-state index is 13.1. The number of allylic oxidation sites excluding steroid dienone is 9. The zero-order valence-corrected chi connectivity index (χ0v) is 20.4. The molecule has 0 bridgehead atoms. The maximum absolute atomic E-state index is 13.1. The van der Waals surface area contributed by atoms with Gasteiger partial charge in [0, 0.05) is 11.3 Å². The van der Waals surface area contributed by atoms with Crippen LogP contribution in [-0.2, 0) is 16.2 Å². The molecule has 0 spiro atoms. The van der Waals surface area contributed by atoms with Gasteiger partial charge >= 0.3 is 0 Å². The second kappa shape index (κ2) is 11.0. The summed E-state index contributed by atoms with van der Waals surface area (Å²) >= 11 is 0. The van der Waals surface area contributed by atoms with Crippen molar-refractivity contribution < 1.29 is 14.3 Å². The van der Waals surface area contributed by atoms with E-state index in [9.17, 15) is 9.59 Å². The molecule has 2 unspecified atom stereocenters. The predicted octanol–water partition coefficient (Wildman–Crippen LogP) is 6.50. The van der Waals surface area contributed by atoms with Gasteiger partial charge in [-0.05, 0) is 55.2 Å². The van der Waals surface area contributed by atoms with Gasteiger partial charge in [-0.3, -0.25) is 9.59 Å². The van der Waals surface area contributed by atoms with Gasteiger partial charge < -0.3 is 9.64 Å². The van der Waals surface area contributed by atoms with Crippen LogP contribution in [0.4, 0.5) is 0 Å². The highest BCUT2D eigenvalue weighted by Crippen LogP contribution is 2.44. The van der Waals surface area contributed by atoms with Crippen LogP contribution >= 0.6 is 0 Å². The first-order valence-electron chi connectivity index (χ1n) is 12.0. The van der Waals surface area contributed by atoms with Gasteiger partial charge in [0.1, 0.15) is 12.4 Å². The standard InChI is InChI=1S/C31H31NO3/c1-4-5-9-23(3)32-30(28(31(32)34)18-19-29(33)26-13-12-22(2)20-26)25-14-16-27(17-15-25)35-21-24-10-7-6-8-11-24/h4-20,22,28,30H,21H2,1-3H3/b5-4-,19-18+,23-9+/t22?,28-,30?/m1/s1. The molecule has 2 aliphatic rings. The zero-order chi connectivity index (χ0) is 24.8. The Hall–Kier alpha value is -3.92. The molecule has 1 aliphatic heterocycles. The Morgan fingerprint density at radius 3 is 2.49 bits per heavy atom. The lowest BCUT2D eigenvalue weighted by Gasteiger charge is -2.47. The van der Waals surface area contributed by atoms with E-state index in [1.54, 1.807) is 17.1 Å². The van der Waals surface area contributed by atoms with Gasteiger partial charge in [-0.25, -0.2) is 0 Å². The molecule has 0 aromatic heterocycles. The van der Waals surface area contributed by atoms with Crippen LogP contribution in [-0.4, -0.2) is 16.6 Å². The quantitative estimate of drug-likeness (QED) is 0.241. The van der Waals surface area contributed by atoms with Crippen LogP contribution in [0.5, 0.6) is 5.75 Å². The van der Waals surface area contributed by atoms with Gasteiger partial charge in [0.2, 0.25) is 5.91 Å². The number of carbonyl (C=O) groups excluding carboxylic acids is 2. The molecule has 178 valence electrons. The number of ether oxygens (including phenoxy) is 1. The van der Waals surface area contributed by atoms with Crippen LogP contribution in [0.1, 0.15) is 37.9 Å². The average Bonchev–Trinajstić information content (AvgIpc) is 3.32. The first kappa shape index (κ1) is 24.2. The number of ketones is 1. The molecule has 2 aromatic rings. The van der Waals surface area contributed by atoms with E-state index in [2.05, 4.69) is 0 Å². The fraction of sp³-hybridized carbons (Fsp3) is 0.226. The van der Waals surface area contributed by atoms with Gasteiger partial charge in [-0.2, -0.15) is 0 Å². The number of likely N-dealkylation sites (tertiary alicyclic amines) is 1. The third kappa shape index (κ3) is 5.60. The molecule has 0 radical (unpaired) electrons. The number of rotatable bonds is 9. The van der Waals surface area contributed by atoms with Crippen LogP contribution < -0.4 is 4.74 Å². The Morgan fingerprint density at radius 1 is 1.09 bits per heavy atom. The summed E-state index contributed by atoms with van der Waals surface area (Å²) in [6.45, 7) is 6.41. The first-order valence-corrected chi connectivity index (χ1v) is 12.0. The largest absolute Gasteiger partial charge is 0.489 e. The lowest BCUT2D eigenvalue weighted by molar-refractivity contribution is -0.149. The topological polar surface area (TPSA) is 46.6 Å². The van der Waals surface area contributed by atoms with E-state index in [4.69, 9.17) is 4.74 Å². The normalized spacial score (nSPS) is 22.1. The molecule has 1 saturated heterocycles. The molecule has 1 heterocycles. The minimum Gasteiger partial charge on any atom is -0.489 e. The van der Waals surface area contributed by atoms with E-state index in [1.807, 2.05) is 112 Å². The predicted molar refractivity (Wildman–Crippen MR) is 139 cm³/mol. The van der Waals surface area contributed by atoms with Gasteiger partial charge in [-0.15, -0.1) is 0 Å². The van der Waals surface area contributed by atoms with Crippen LogP contribution in [0.2, 0.25) is 0 Å². The Bertz CT molecular complexity index is 1220. The molecule has 1 fully saturated rings. The lowest BCUT2D eigenvalue weighted by atomic mass is 9.81. The number of nitrogens with zero attached hydrogens (tertiary/aromatic N) is 1. The number of hydrogen-bond acceptors (Lipinski definition) is 3. The second-order valence-corrected chi connectivity index (χ2v) is 8.92. The van der Waals surface area contributed by atoms with Gasteiger partial charge in [-0.1, -0.05) is 85.8 Å². The molecule has 0 saturated carbocycles. The highest BCUT2D eigenvalue weighted by atomic mass is 16.5. The molecule has 1 aliphatic carbocycles. The molecule has 2 aromatic carbocycles. The lowest BCUT2D eigenvalue weighted by Crippen LogP contribution is -2.53. The third-order valence-corrected chi connectivity index (χ3v) is 6.28. The van der Waals surface area contributed by atoms with Crippen molar-refractivity contribution in [1.82, 2.24) is 4.90 Å². The number of amides is 1.